The molecule has 0 saturated heterocycles. The van der Waals surface area contributed by atoms with Crippen molar-refractivity contribution in [2.24, 2.45) is 10.8 Å². The third-order valence-corrected chi connectivity index (χ3v) is 3.12. The molecule has 2 aromatic rings. The van der Waals surface area contributed by atoms with Crippen LogP contribution in [0.1, 0.15) is 5.56 Å². The predicted molar refractivity (Wildman–Crippen MR) is 84.8 cm³/mol. The number of benzene rings is 1. The number of nitrogens with one attached hydrogen (secondary N) is 2. The Morgan fingerprint density at radius 1 is 1.24 bits per heavy atom. The van der Waals surface area contributed by atoms with Gasteiger partial charge in [-0.25, -0.2) is 0 Å². The van der Waals surface area contributed by atoms with Gasteiger partial charge in [0, 0.05) is 18.0 Å². The molecule has 1 aromatic heterocycles. The van der Waals surface area contributed by atoms with E-state index in [1.807, 2.05) is 30.3 Å². The fourth-order valence-electron chi connectivity index (χ4n) is 2.10. The molecule has 0 spiro atoms. The fraction of sp³-hybridized carbons (Fsp3) is 0. The number of rotatable bonds is 2. The van der Waals surface area contributed by atoms with Gasteiger partial charge >= 0.3 is 0 Å². The quantitative estimate of drug-likeness (QED) is 0.573. The van der Waals surface area contributed by atoms with Crippen molar-refractivity contribution in [2.45, 2.75) is 0 Å². The monoisotopic (exact) mass is 297 g/mol. The highest BCUT2D eigenvalue weighted by Gasteiger charge is 2.26. The van der Waals surface area contributed by atoms with Crippen molar-refractivity contribution in [3.63, 3.8) is 0 Å². The minimum atomic E-state index is -0.291. The molecule has 4 N–H and O–H groups in total. The summed E-state index contributed by atoms with van der Waals surface area (Å²) in [5.74, 6) is -0.291. The van der Waals surface area contributed by atoms with Crippen molar-refractivity contribution >= 4 is 34.6 Å². The van der Waals surface area contributed by atoms with E-state index in [1.165, 1.54) is 0 Å². The first-order chi connectivity index (χ1) is 10.1. The molecule has 0 bridgehead atoms. The summed E-state index contributed by atoms with van der Waals surface area (Å²) in [7, 11) is 0. The molecule has 1 aliphatic rings. The molecule has 0 radical (unpaired) electrons. The Morgan fingerprint density at radius 2 is 2.00 bits per heavy atom. The lowest BCUT2D eigenvalue weighted by atomic mass is 10.0. The molecule has 0 fully saturated rings. The Morgan fingerprint density at radius 3 is 2.71 bits per heavy atom. The largest absolute Gasteiger partial charge is 0.375 e. The number of carbonyl (C=O) groups is 1. The van der Waals surface area contributed by atoms with Crippen molar-refractivity contribution in [3.8, 4) is 11.1 Å². The van der Waals surface area contributed by atoms with Crippen LogP contribution in [0, 0.1) is 0 Å². The number of carbonyl (C=O) groups excluding carboxylic acids is 1. The van der Waals surface area contributed by atoms with Gasteiger partial charge in [0.1, 0.15) is 0 Å². The van der Waals surface area contributed by atoms with E-state index in [1.54, 1.807) is 12.4 Å². The molecule has 0 saturated carbocycles. The molecule has 6 nitrogen and oxygen atoms in total. The second-order valence-corrected chi connectivity index (χ2v) is 4.83. The molecule has 2 heterocycles. The smallest absolute Gasteiger partial charge is 0.276 e. The third kappa shape index (κ3) is 2.59. The topological polar surface area (TPSA) is 92.4 Å². The van der Waals surface area contributed by atoms with E-state index < -0.39 is 0 Å². The lowest BCUT2D eigenvalue weighted by Gasteiger charge is -2.04. The van der Waals surface area contributed by atoms with Gasteiger partial charge in [-0.3, -0.25) is 15.2 Å². The number of hydrazone groups is 1. The summed E-state index contributed by atoms with van der Waals surface area (Å²) in [6, 6.07) is 9.46. The summed E-state index contributed by atoms with van der Waals surface area (Å²) in [6.07, 6.45) is 3.44. The van der Waals surface area contributed by atoms with Crippen molar-refractivity contribution in [1.82, 2.24) is 10.4 Å². The van der Waals surface area contributed by atoms with E-state index in [-0.39, 0.29) is 16.7 Å². The highest BCUT2D eigenvalue weighted by Crippen LogP contribution is 2.29. The van der Waals surface area contributed by atoms with E-state index >= 15 is 0 Å². The second kappa shape index (κ2) is 5.29. The normalized spacial score (nSPS) is 14.7. The Labute approximate surface area is 126 Å². The zero-order chi connectivity index (χ0) is 14.8. The van der Waals surface area contributed by atoms with E-state index in [9.17, 15) is 4.79 Å². The maximum Gasteiger partial charge on any atom is 0.276 e. The molecule has 0 unspecified atom stereocenters. The lowest BCUT2D eigenvalue weighted by Crippen LogP contribution is -2.27. The van der Waals surface area contributed by atoms with Crippen LogP contribution in [0.4, 0.5) is 5.69 Å². The Hall–Kier alpha value is -2.80. The van der Waals surface area contributed by atoms with Crippen molar-refractivity contribution < 1.29 is 4.79 Å². The summed E-state index contributed by atoms with van der Waals surface area (Å²) >= 11 is 4.69. The molecule has 21 heavy (non-hydrogen) atoms. The van der Waals surface area contributed by atoms with Gasteiger partial charge in [0.2, 0.25) is 0 Å². The lowest BCUT2D eigenvalue weighted by molar-refractivity contribution is -0.110. The van der Waals surface area contributed by atoms with Gasteiger partial charge in [-0.05, 0) is 47.6 Å². The van der Waals surface area contributed by atoms with E-state index in [2.05, 4.69) is 20.8 Å². The number of aromatic nitrogens is 1. The summed E-state index contributed by atoms with van der Waals surface area (Å²) < 4.78 is 0. The van der Waals surface area contributed by atoms with Crippen LogP contribution in [0.5, 0.6) is 0 Å². The first-order valence-corrected chi connectivity index (χ1v) is 6.55. The van der Waals surface area contributed by atoms with E-state index in [0.717, 1.165) is 11.1 Å². The third-order valence-electron chi connectivity index (χ3n) is 3.03. The van der Waals surface area contributed by atoms with Crippen LogP contribution < -0.4 is 16.5 Å². The molecule has 104 valence electrons. The summed E-state index contributed by atoms with van der Waals surface area (Å²) in [5, 5.41) is 6.71. The number of nitrogens with two attached hydrogens (primary N) is 1. The first-order valence-electron chi connectivity index (χ1n) is 6.14. The number of fused-ring (bicyclic) bond motifs is 1. The molecule has 1 aromatic carbocycles. The van der Waals surface area contributed by atoms with Crippen LogP contribution in [0.25, 0.3) is 11.1 Å². The van der Waals surface area contributed by atoms with Gasteiger partial charge in [-0.15, -0.1) is 0 Å². The zero-order valence-electron chi connectivity index (χ0n) is 10.8. The molecular weight excluding hydrogens is 286 g/mol. The molecule has 3 rings (SSSR count). The van der Waals surface area contributed by atoms with Gasteiger partial charge in [0.15, 0.2) is 10.8 Å². The number of nitrogens with zero attached hydrogens (tertiary/aromatic N) is 2. The number of hydrogen-bond acceptors (Lipinski definition) is 4. The Kier molecular flexibility index (Phi) is 3.33. The standard InChI is InChI=1S/C14H11N5OS/c15-14(21)19-18-12-10-7-9(8-3-5-16-6-4-8)1-2-11(10)17-13(12)20/h1-7H,(H3,15,19,21)(H,17,18,20). The SMILES string of the molecule is NC(=S)N/N=C1\C(=O)Nc2ccc(-c3ccncc3)cc21. The summed E-state index contributed by atoms with van der Waals surface area (Å²) in [5.41, 5.74) is 11.4. The Balaban J connectivity index is 2.04. The molecule has 0 atom stereocenters. The van der Waals surface area contributed by atoms with E-state index in [4.69, 9.17) is 18.0 Å². The van der Waals surface area contributed by atoms with Crippen molar-refractivity contribution in [2.75, 3.05) is 5.32 Å². The number of anilines is 1. The Bertz CT molecular complexity index is 757. The number of hydrogen-bond donors (Lipinski definition) is 3. The maximum atomic E-state index is 11.9. The highest BCUT2D eigenvalue weighted by atomic mass is 32.1. The zero-order valence-corrected chi connectivity index (χ0v) is 11.6. The van der Waals surface area contributed by atoms with Crippen LogP contribution in [0.2, 0.25) is 0 Å². The average molecular weight is 297 g/mol. The van der Waals surface area contributed by atoms with Crippen LogP contribution >= 0.6 is 12.2 Å². The molecular formula is C14H11N5OS. The van der Waals surface area contributed by atoms with Gasteiger partial charge in [0.05, 0.1) is 5.69 Å². The van der Waals surface area contributed by atoms with Crippen LogP contribution in [-0.4, -0.2) is 21.7 Å². The molecule has 0 aliphatic carbocycles. The highest BCUT2D eigenvalue weighted by molar-refractivity contribution is 7.80. The van der Waals surface area contributed by atoms with E-state index in [0.29, 0.717) is 11.3 Å². The minimum Gasteiger partial charge on any atom is -0.375 e. The molecule has 1 aliphatic heterocycles. The summed E-state index contributed by atoms with van der Waals surface area (Å²) in [4.78, 5) is 15.9. The second-order valence-electron chi connectivity index (χ2n) is 4.39. The number of pyridine rings is 1. The predicted octanol–water partition coefficient (Wildman–Crippen LogP) is 1.24. The van der Waals surface area contributed by atoms with Crippen LogP contribution in [0.3, 0.4) is 0 Å². The van der Waals surface area contributed by atoms with Crippen molar-refractivity contribution in [3.05, 3.63) is 48.3 Å². The first kappa shape index (κ1) is 13.2. The minimum absolute atomic E-state index is 0.00837. The number of thiocarbonyl (C=S) groups is 1. The van der Waals surface area contributed by atoms with Crippen molar-refractivity contribution in [1.29, 1.82) is 0 Å². The van der Waals surface area contributed by atoms with Gasteiger partial charge in [0.25, 0.3) is 5.91 Å². The number of amides is 1. The van der Waals surface area contributed by atoms with Gasteiger partial charge in [-0.2, -0.15) is 5.10 Å². The van der Waals surface area contributed by atoms with Crippen LogP contribution in [-0.2, 0) is 4.79 Å². The van der Waals surface area contributed by atoms with Gasteiger partial charge < -0.3 is 11.1 Å². The molecule has 7 heteroatoms. The maximum absolute atomic E-state index is 11.9. The van der Waals surface area contributed by atoms with Gasteiger partial charge in [-0.1, -0.05) is 6.07 Å². The van der Waals surface area contributed by atoms with Crippen LogP contribution in [0.15, 0.2) is 47.8 Å². The summed E-state index contributed by atoms with van der Waals surface area (Å²) in [6.45, 7) is 0. The average Bonchev–Trinajstić information content (AvgIpc) is 2.80. The fourth-order valence-corrected chi connectivity index (χ4v) is 2.14. The molecule has 1 amide bonds.